The van der Waals surface area contributed by atoms with Crippen LogP contribution in [0.1, 0.15) is 0 Å². The van der Waals surface area contributed by atoms with Crippen LogP contribution in [0.25, 0.3) is 0 Å². The third-order valence-corrected chi connectivity index (χ3v) is 3.79. The number of halogens is 2. The van der Waals surface area contributed by atoms with Crippen molar-refractivity contribution in [2.24, 2.45) is 0 Å². The average Bonchev–Trinajstić information content (AvgIpc) is 2.54. The average molecular weight is 401 g/mol. The van der Waals surface area contributed by atoms with Crippen LogP contribution in [-0.4, -0.2) is 26.7 Å². The van der Waals surface area contributed by atoms with Crippen molar-refractivity contribution in [3.05, 3.63) is 45.9 Å². The van der Waals surface area contributed by atoms with Crippen molar-refractivity contribution < 1.29 is 19.0 Å². The molecule has 1 N–H and O–H groups in total. The van der Waals surface area contributed by atoms with Gasteiger partial charge in [0.2, 0.25) is 0 Å². The Morgan fingerprint density at radius 1 is 1.13 bits per heavy atom. The van der Waals surface area contributed by atoms with E-state index in [1.165, 1.54) is 7.11 Å². The number of anilines is 1. The fourth-order valence-electron chi connectivity index (χ4n) is 1.83. The van der Waals surface area contributed by atoms with Gasteiger partial charge in [-0.25, -0.2) is 0 Å². The summed E-state index contributed by atoms with van der Waals surface area (Å²) in [6.45, 7) is -0.152. The Hall–Kier alpha value is -1.92. The molecule has 0 aliphatic heterocycles. The van der Waals surface area contributed by atoms with Crippen LogP contribution in [0.4, 0.5) is 5.69 Å². The van der Waals surface area contributed by atoms with Gasteiger partial charge in [-0.15, -0.1) is 0 Å². The fraction of sp³-hybridized carbons (Fsp3) is 0.188. The summed E-state index contributed by atoms with van der Waals surface area (Å²) in [6.07, 6.45) is 0. The van der Waals surface area contributed by atoms with Crippen LogP contribution < -0.4 is 19.5 Å². The van der Waals surface area contributed by atoms with Gasteiger partial charge in [0.05, 0.1) is 24.4 Å². The first-order chi connectivity index (χ1) is 11.0. The van der Waals surface area contributed by atoms with Gasteiger partial charge in [-0.2, -0.15) is 0 Å². The van der Waals surface area contributed by atoms with E-state index in [1.54, 1.807) is 43.5 Å². The van der Waals surface area contributed by atoms with Crippen molar-refractivity contribution in [3.63, 3.8) is 0 Å². The number of amides is 1. The number of carbonyl (C=O) groups is 1. The second kappa shape index (κ2) is 8.08. The molecule has 0 saturated heterocycles. The lowest BCUT2D eigenvalue weighted by Gasteiger charge is -2.12. The number of nitrogens with one attached hydrogen (secondary N) is 1. The van der Waals surface area contributed by atoms with E-state index >= 15 is 0 Å². The largest absolute Gasteiger partial charge is 0.497 e. The molecule has 2 rings (SSSR count). The van der Waals surface area contributed by atoms with Gasteiger partial charge in [0, 0.05) is 11.1 Å². The summed E-state index contributed by atoms with van der Waals surface area (Å²) in [6, 6.07) is 10.2. The predicted octanol–water partition coefficient (Wildman–Crippen LogP) is 4.14. The van der Waals surface area contributed by atoms with Gasteiger partial charge >= 0.3 is 0 Å². The third kappa shape index (κ3) is 4.77. The molecule has 0 unspecified atom stereocenters. The molecule has 0 aliphatic carbocycles. The van der Waals surface area contributed by atoms with Crippen LogP contribution >= 0.6 is 27.5 Å². The van der Waals surface area contributed by atoms with Crippen molar-refractivity contribution in [3.8, 4) is 17.2 Å². The molecule has 0 heterocycles. The molecular weight excluding hydrogens is 386 g/mol. The van der Waals surface area contributed by atoms with Gasteiger partial charge in [0.25, 0.3) is 5.91 Å². The number of methoxy groups -OCH3 is 2. The molecular formula is C16H15BrClNO4. The van der Waals surface area contributed by atoms with E-state index < -0.39 is 0 Å². The Bertz CT molecular complexity index is 708. The predicted molar refractivity (Wildman–Crippen MR) is 92.8 cm³/mol. The summed E-state index contributed by atoms with van der Waals surface area (Å²) in [5.74, 6) is 1.36. The Morgan fingerprint density at radius 2 is 1.87 bits per heavy atom. The molecule has 122 valence electrons. The maximum Gasteiger partial charge on any atom is 0.262 e. The molecule has 0 saturated carbocycles. The van der Waals surface area contributed by atoms with Crippen LogP contribution in [0.3, 0.4) is 0 Å². The maximum atomic E-state index is 12.1. The Labute approximate surface area is 147 Å². The summed E-state index contributed by atoms with van der Waals surface area (Å²) < 4.78 is 16.5. The third-order valence-electron chi connectivity index (χ3n) is 2.93. The highest BCUT2D eigenvalue weighted by molar-refractivity contribution is 9.10. The van der Waals surface area contributed by atoms with Crippen molar-refractivity contribution in [2.45, 2.75) is 0 Å². The zero-order chi connectivity index (χ0) is 16.8. The molecule has 7 heteroatoms. The van der Waals surface area contributed by atoms with Crippen LogP contribution in [-0.2, 0) is 4.79 Å². The molecule has 2 aromatic rings. The van der Waals surface area contributed by atoms with Crippen LogP contribution in [0.5, 0.6) is 17.2 Å². The summed E-state index contributed by atoms with van der Waals surface area (Å²) in [4.78, 5) is 12.1. The zero-order valence-corrected chi connectivity index (χ0v) is 14.9. The van der Waals surface area contributed by atoms with Crippen LogP contribution in [0.2, 0.25) is 5.02 Å². The number of hydrogen-bond donors (Lipinski definition) is 1. The fourth-order valence-corrected chi connectivity index (χ4v) is 2.63. The van der Waals surface area contributed by atoms with Crippen molar-refractivity contribution in [1.29, 1.82) is 0 Å². The smallest absolute Gasteiger partial charge is 0.262 e. The summed E-state index contributed by atoms with van der Waals surface area (Å²) >= 11 is 9.19. The lowest BCUT2D eigenvalue weighted by molar-refractivity contribution is -0.118. The molecule has 0 atom stereocenters. The Morgan fingerprint density at radius 3 is 2.52 bits per heavy atom. The summed E-state index contributed by atoms with van der Waals surface area (Å²) in [5, 5.41) is 3.31. The summed E-state index contributed by atoms with van der Waals surface area (Å²) in [5.41, 5.74) is 0.510. The summed E-state index contributed by atoms with van der Waals surface area (Å²) in [7, 11) is 3.08. The second-order valence-electron chi connectivity index (χ2n) is 4.48. The standard InChI is InChI=1S/C16H15BrClNO4/c1-21-11-4-6-15(22-2)13(8-11)19-16(20)9-23-14-5-3-10(18)7-12(14)17/h3-8H,9H2,1-2H3,(H,19,20). The van der Waals surface area contributed by atoms with Crippen LogP contribution in [0.15, 0.2) is 40.9 Å². The second-order valence-corrected chi connectivity index (χ2v) is 5.77. The first-order valence-corrected chi connectivity index (χ1v) is 7.80. The van der Waals surface area contributed by atoms with Gasteiger partial charge in [0.15, 0.2) is 6.61 Å². The Kier molecular flexibility index (Phi) is 6.12. The first kappa shape index (κ1) is 17.4. The minimum Gasteiger partial charge on any atom is -0.497 e. The molecule has 0 spiro atoms. The maximum absolute atomic E-state index is 12.1. The van der Waals surface area contributed by atoms with E-state index in [4.69, 9.17) is 25.8 Å². The number of benzene rings is 2. The number of hydrogen-bond acceptors (Lipinski definition) is 4. The molecule has 0 radical (unpaired) electrons. The van der Waals surface area contributed by atoms with E-state index in [-0.39, 0.29) is 12.5 Å². The van der Waals surface area contributed by atoms with Gasteiger partial charge in [0.1, 0.15) is 17.2 Å². The highest BCUT2D eigenvalue weighted by Gasteiger charge is 2.11. The molecule has 0 fully saturated rings. The van der Waals surface area contributed by atoms with E-state index in [2.05, 4.69) is 21.2 Å². The van der Waals surface area contributed by atoms with Crippen molar-refractivity contribution >= 4 is 39.1 Å². The van der Waals surface area contributed by atoms with Gasteiger partial charge in [-0.05, 0) is 46.3 Å². The highest BCUT2D eigenvalue weighted by Crippen LogP contribution is 2.30. The lowest BCUT2D eigenvalue weighted by atomic mass is 10.2. The first-order valence-electron chi connectivity index (χ1n) is 6.63. The van der Waals surface area contributed by atoms with E-state index in [0.29, 0.717) is 32.4 Å². The van der Waals surface area contributed by atoms with E-state index in [0.717, 1.165) is 0 Å². The molecule has 23 heavy (non-hydrogen) atoms. The van der Waals surface area contributed by atoms with E-state index in [1.807, 2.05) is 0 Å². The van der Waals surface area contributed by atoms with Crippen molar-refractivity contribution in [1.82, 2.24) is 0 Å². The SMILES string of the molecule is COc1ccc(OC)c(NC(=O)COc2ccc(Cl)cc2Br)c1. The monoisotopic (exact) mass is 399 g/mol. The minimum atomic E-state index is -0.321. The van der Waals surface area contributed by atoms with Crippen molar-refractivity contribution in [2.75, 3.05) is 26.1 Å². The Balaban J connectivity index is 2.02. The normalized spacial score (nSPS) is 10.1. The minimum absolute atomic E-state index is 0.152. The number of rotatable bonds is 6. The van der Waals surface area contributed by atoms with E-state index in [9.17, 15) is 4.79 Å². The number of ether oxygens (including phenoxy) is 3. The van der Waals surface area contributed by atoms with Gasteiger partial charge < -0.3 is 19.5 Å². The topological polar surface area (TPSA) is 56.8 Å². The molecule has 0 bridgehead atoms. The quantitative estimate of drug-likeness (QED) is 0.792. The lowest BCUT2D eigenvalue weighted by Crippen LogP contribution is -2.20. The molecule has 5 nitrogen and oxygen atoms in total. The van der Waals surface area contributed by atoms with Gasteiger partial charge in [-0.1, -0.05) is 11.6 Å². The molecule has 0 aliphatic rings. The number of carbonyl (C=O) groups excluding carboxylic acids is 1. The molecule has 0 aromatic heterocycles. The molecule has 1 amide bonds. The highest BCUT2D eigenvalue weighted by atomic mass is 79.9. The van der Waals surface area contributed by atoms with Gasteiger partial charge in [-0.3, -0.25) is 4.79 Å². The van der Waals surface area contributed by atoms with Crippen LogP contribution in [0, 0.1) is 0 Å². The zero-order valence-electron chi connectivity index (χ0n) is 12.6. The molecule has 2 aromatic carbocycles.